The van der Waals surface area contributed by atoms with Crippen LogP contribution in [0.4, 0.5) is 0 Å². The molecule has 0 radical (unpaired) electrons. The molecule has 0 saturated carbocycles. The SMILES string of the molecule is COc1ccccc1-c1nnc(SC(C)C(N)=O)o1. The summed E-state index contributed by atoms with van der Waals surface area (Å²) in [7, 11) is 1.57. The molecule has 100 valence electrons. The van der Waals surface area contributed by atoms with Gasteiger partial charge in [0.15, 0.2) is 0 Å². The number of hydrogen-bond acceptors (Lipinski definition) is 6. The molecule has 0 spiro atoms. The van der Waals surface area contributed by atoms with Crippen LogP contribution in [0.15, 0.2) is 33.9 Å². The van der Waals surface area contributed by atoms with Crippen molar-refractivity contribution in [2.24, 2.45) is 5.73 Å². The molecule has 2 aromatic rings. The number of primary amides is 1. The molecule has 0 bridgehead atoms. The molecule has 19 heavy (non-hydrogen) atoms. The monoisotopic (exact) mass is 279 g/mol. The Morgan fingerprint density at radius 2 is 2.16 bits per heavy atom. The quantitative estimate of drug-likeness (QED) is 0.838. The number of carbonyl (C=O) groups is 1. The van der Waals surface area contributed by atoms with Crippen LogP contribution in [0, 0.1) is 0 Å². The highest BCUT2D eigenvalue weighted by Gasteiger charge is 2.17. The van der Waals surface area contributed by atoms with Crippen LogP contribution in [-0.2, 0) is 4.79 Å². The first kappa shape index (κ1) is 13.4. The number of nitrogens with zero attached hydrogens (tertiary/aromatic N) is 2. The van der Waals surface area contributed by atoms with Crippen LogP contribution in [0.25, 0.3) is 11.5 Å². The van der Waals surface area contributed by atoms with Gasteiger partial charge in [0.05, 0.1) is 17.9 Å². The fraction of sp³-hybridized carbons (Fsp3) is 0.250. The Kier molecular flexibility index (Phi) is 4.06. The highest BCUT2D eigenvalue weighted by molar-refractivity contribution is 8.00. The minimum Gasteiger partial charge on any atom is -0.496 e. The molecule has 1 atom stereocenters. The van der Waals surface area contributed by atoms with Crippen molar-refractivity contribution >= 4 is 17.7 Å². The van der Waals surface area contributed by atoms with Gasteiger partial charge >= 0.3 is 0 Å². The maximum Gasteiger partial charge on any atom is 0.277 e. The summed E-state index contributed by atoms with van der Waals surface area (Å²) < 4.78 is 10.7. The largest absolute Gasteiger partial charge is 0.496 e. The first-order valence-corrected chi connectivity index (χ1v) is 6.42. The van der Waals surface area contributed by atoms with Crippen molar-refractivity contribution in [2.75, 3.05) is 7.11 Å². The lowest BCUT2D eigenvalue weighted by Gasteiger charge is -2.03. The summed E-state index contributed by atoms with van der Waals surface area (Å²) in [5.74, 6) is 0.560. The van der Waals surface area contributed by atoms with E-state index in [0.717, 1.165) is 11.8 Å². The number of benzene rings is 1. The van der Waals surface area contributed by atoms with Gasteiger partial charge in [-0.15, -0.1) is 10.2 Å². The Balaban J connectivity index is 2.23. The molecule has 6 nitrogen and oxygen atoms in total. The van der Waals surface area contributed by atoms with E-state index in [-0.39, 0.29) is 0 Å². The van der Waals surface area contributed by atoms with E-state index >= 15 is 0 Å². The zero-order chi connectivity index (χ0) is 13.8. The van der Waals surface area contributed by atoms with Crippen LogP contribution in [0.2, 0.25) is 0 Å². The second-order valence-electron chi connectivity index (χ2n) is 3.74. The van der Waals surface area contributed by atoms with E-state index in [1.807, 2.05) is 18.2 Å². The molecule has 2 rings (SSSR count). The molecule has 1 amide bonds. The third kappa shape index (κ3) is 3.05. The van der Waals surface area contributed by atoms with Gasteiger partial charge in [0.1, 0.15) is 5.75 Å². The molecule has 1 heterocycles. The van der Waals surface area contributed by atoms with E-state index in [0.29, 0.717) is 22.4 Å². The third-order valence-corrected chi connectivity index (χ3v) is 3.37. The fourth-order valence-corrected chi connectivity index (χ4v) is 2.03. The molecule has 0 saturated heterocycles. The highest BCUT2D eigenvalue weighted by atomic mass is 32.2. The van der Waals surface area contributed by atoms with E-state index in [1.54, 1.807) is 20.1 Å². The lowest BCUT2D eigenvalue weighted by Crippen LogP contribution is -2.22. The average Bonchev–Trinajstić information content (AvgIpc) is 2.86. The molecule has 1 aromatic carbocycles. The van der Waals surface area contributed by atoms with Crippen LogP contribution in [0.3, 0.4) is 0 Å². The van der Waals surface area contributed by atoms with Gasteiger partial charge in [0.25, 0.3) is 11.1 Å². The Hall–Kier alpha value is -2.02. The summed E-state index contributed by atoms with van der Waals surface area (Å²) in [6.45, 7) is 1.68. The number of methoxy groups -OCH3 is 1. The Bertz CT molecular complexity index is 585. The minimum atomic E-state index is -0.429. The highest BCUT2D eigenvalue weighted by Crippen LogP contribution is 2.31. The second-order valence-corrected chi connectivity index (χ2v) is 5.03. The first-order valence-electron chi connectivity index (χ1n) is 5.54. The van der Waals surface area contributed by atoms with Crippen LogP contribution in [-0.4, -0.2) is 28.5 Å². The molecule has 7 heteroatoms. The topological polar surface area (TPSA) is 91.2 Å². The molecule has 1 unspecified atom stereocenters. The van der Waals surface area contributed by atoms with Crippen molar-refractivity contribution < 1.29 is 13.9 Å². The first-order chi connectivity index (χ1) is 9.11. The number of nitrogens with two attached hydrogens (primary N) is 1. The van der Waals surface area contributed by atoms with E-state index in [2.05, 4.69) is 10.2 Å². The molecule has 0 aliphatic rings. The van der Waals surface area contributed by atoms with Gasteiger partial charge in [-0.3, -0.25) is 4.79 Å². The van der Waals surface area contributed by atoms with Gasteiger partial charge in [-0.1, -0.05) is 23.9 Å². The standard InChI is InChI=1S/C12H13N3O3S/c1-7(10(13)16)19-12-15-14-11(18-12)8-5-3-4-6-9(8)17-2/h3-7H,1-2H3,(H2,13,16). The number of para-hydroxylation sites is 1. The summed E-state index contributed by atoms with van der Waals surface area (Å²) in [5, 5.41) is 7.68. The number of carbonyl (C=O) groups excluding carboxylic acids is 1. The van der Waals surface area contributed by atoms with Gasteiger partial charge in [-0.05, 0) is 19.1 Å². The fourth-order valence-electron chi connectivity index (χ4n) is 1.40. The Labute approximate surface area is 114 Å². The molecule has 0 aliphatic carbocycles. The average molecular weight is 279 g/mol. The van der Waals surface area contributed by atoms with Crippen molar-refractivity contribution in [3.8, 4) is 17.2 Å². The zero-order valence-electron chi connectivity index (χ0n) is 10.5. The number of aromatic nitrogens is 2. The van der Waals surface area contributed by atoms with E-state index in [4.69, 9.17) is 14.9 Å². The predicted octanol–water partition coefficient (Wildman–Crippen LogP) is 1.71. The van der Waals surface area contributed by atoms with Crippen molar-refractivity contribution in [2.45, 2.75) is 17.4 Å². The van der Waals surface area contributed by atoms with Crippen LogP contribution in [0.5, 0.6) is 5.75 Å². The Morgan fingerprint density at radius 1 is 1.42 bits per heavy atom. The summed E-state index contributed by atoms with van der Waals surface area (Å²) in [6.07, 6.45) is 0. The van der Waals surface area contributed by atoms with Crippen molar-refractivity contribution in [3.63, 3.8) is 0 Å². The molecular formula is C12H13N3O3S. The van der Waals surface area contributed by atoms with Gasteiger partial charge in [0, 0.05) is 0 Å². The van der Waals surface area contributed by atoms with Gasteiger partial charge in [-0.2, -0.15) is 0 Å². The van der Waals surface area contributed by atoms with Crippen molar-refractivity contribution in [3.05, 3.63) is 24.3 Å². The van der Waals surface area contributed by atoms with Gasteiger partial charge in [0.2, 0.25) is 5.91 Å². The van der Waals surface area contributed by atoms with Crippen LogP contribution < -0.4 is 10.5 Å². The zero-order valence-corrected chi connectivity index (χ0v) is 11.3. The lowest BCUT2D eigenvalue weighted by atomic mass is 10.2. The lowest BCUT2D eigenvalue weighted by molar-refractivity contribution is -0.117. The van der Waals surface area contributed by atoms with Gasteiger partial charge < -0.3 is 14.9 Å². The molecule has 1 aromatic heterocycles. The maximum absolute atomic E-state index is 11.0. The minimum absolute atomic E-state index is 0.298. The smallest absolute Gasteiger partial charge is 0.277 e. The maximum atomic E-state index is 11.0. The van der Waals surface area contributed by atoms with E-state index in [1.165, 1.54) is 0 Å². The number of hydrogen-bond donors (Lipinski definition) is 1. The number of ether oxygens (including phenoxy) is 1. The Morgan fingerprint density at radius 3 is 2.84 bits per heavy atom. The third-order valence-electron chi connectivity index (χ3n) is 2.42. The van der Waals surface area contributed by atoms with Gasteiger partial charge in [-0.25, -0.2) is 0 Å². The van der Waals surface area contributed by atoms with Crippen molar-refractivity contribution in [1.29, 1.82) is 0 Å². The summed E-state index contributed by atoms with van der Waals surface area (Å²) in [6, 6.07) is 7.32. The second kappa shape index (κ2) is 5.75. The summed E-state index contributed by atoms with van der Waals surface area (Å²) in [5.41, 5.74) is 5.88. The summed E-state index contributed by atoms with van der Waals surface area (Å²) in [4.78, 5) is 11.0. The summed E-state index contributed by atoms with van der Waals surface area (Å²) >= 11 is 1.12. The number of amides is 1. The van der Waals surface area contributed by atoms with Crippen molar-refractivity contribution in [1.82, 2.24) is 10.2 Å². The predicted molar refractivity (Wildman–Crippen MR) is 70.8 cm³/mol. The van der Waals surface area contributed by atoms with E-state index in [9.17, 15) is 4.79 Å². The van der Waals surface area contributed by atoms with E-state index < -0.39 is 11.2 Å². The normalized spacial score (nSPS) is 12.1. The molecule has 2 N–H and O–H groups in total. The number of thioether (sulfide) groups is 1. The number of rotatable bonds is 5. The molecule has 0 aliphatic heterocycles. The molecular weight excluding hydrogens is 266 g/mol. The van der Waals surface area contributed by atoms with Crippen LogP contribution >= 0.6 is 11.8 Å². The van der Waals surface area contributed by atoms with Crippen LogP contribution in [0.1, 0.15) is 6.92 Å². The molecule has 0 fully saturated rings.